The third kappa shape index (κ3) is 5.50. The fourth-order valence-electron chi connectivity index (χ4n) is 4.90. The molecular formula is C30H31N3O4. The summed E-state index contributed by atoms with van der Waals surface area (Å²) in [5.74, 6) is 1.46. The smallest absolute Gasteiger partial charge is 0.253 e. The Kier molecular flexibility index (Phi) is 7.21. The lowest BCUT2D eigenvalue weighted by Gasteiger charge is -2.34. The fraction of sp³-hybridized carbons (Fsp3) is 0.300. The van der Waals surface area contributed by atoms with Crippen LogP contribution in [-0.4, -0.2) is 41.9 Å². The average Bonchev–Trinajstić information content (AvgIpc) is 3.39. The molecule has 37 heavy (non-hydrogen) atoms. The van der Waals surface area contributed by atoms with Crippen LogP contribution >= 0.6 is 0 Å². The highest BCUT2D eigenvalue weighted by Gasteiger charge is 2.30. The maximum Gasteiger partial charge on any atom is 0.253 e. The lowest BCUT2D eigenvalue weighted by atomic mass is 9.84. The van der Waals surface area contributed by atoms with Gasteiger partial charge in [-0.05, 0) is 66.8 Å². The molecule has 7 nitrogen and oxygen atoms in total. The van der Waals surface area contributed by atoms with Crippen LogP contribution in [0.4, 0.5) is 0 Å². The molecule has 1 saturated heterocycles. The summed E-state index contributed by atoms with van der Waals surface area (Å²) in [5.41, 5.74) is 3.82. The van der Waals surface area contributed by atoms with Gasteiger partial charge >= 0.3 is 0 Å². The van der Waals surface area contributed by atoms with E-state index in [4.69, 9.17) is 9.15 Å². The summed E-state index contributed by atoms with van der Waals surface area (Å²) >= 11 is 0. The van der Waals surface area contributed by atoms with E-state index in [0.29, 0.717) is 42.2 Å². The zero-order chi connectivity index (χ0) is 25.8. The van der Waals surface area contributed by atoms with Crippen molar-refractivity contribution in [1.82, 2.24) is 15.2 Å². The van der Waals surface area contributed by atoms with E-state index in [1.807, 2.05) is 72.5 Å². The monoisotopic (exact) mass is 497 g/mol. The van der Waals surface area contributed by atoms with Gasteiger partial charge in [-0.3, -0.25) is 9.59 Å². The van der Waals surface area contributed by atoms with E-state index in [1.54, 1.807) is 19.2 Å². The zero-order valence-corrected chi connectivity index (χ0v) is 21.1. The number of amides is 2. The summed E-state index contributed by atoms with van der Waals surface area (Å²) in [5, 5.41) is 3.05. The Labute approximate surface area is 216 Å². The molecule has 1 N–H and O–H groups in total. The number of rotatable bonds is 7. The number of fused-ring (bicyclic) bond motifs is 1. The van der Waals surface area contributed by atoms with Crippen molar-refractivity contribution >= 4 is 22.9 Å². The predicted octanol–water partition coefficient (Wildman–Crippen LogP) is 5.31. The standard InChI is InChI=1S/C30H31N3O4/c1-20(28(34)31-19-21-7-6-10-25(17-21)36-2)22-13-15-33(16-14-22)30(35)24-11-12-27-26(18-24)32-29(37-27)23-8-4-3-5-9-23/h3-12,17-18,20,22H,13-16,19H2,1-2H3,(H,31,34). The van der Waals surface area contributed by atoms with Crippen molar-refractivity contribution in [3.8, 4) is 17.2 Å². The summed E-state index contributed by atoms with van der Waals surface area (Å²) in [6.07, 6.45) is 1.59. The topological polar surface area (TPSA) is 84.7 Å². The van der Waals surface area contributed by atoms with Gasteiger partial charge in [0.2, 0.25) is 11.8 Å². The maximum atomic E-state index is 13.2. The molecule has 5 rings (SSSR count). The molecule has 0 aliphatic carbocycles. The van der Waals surface area contributed by atoms with Gasteiger partial charge in [0.25, 0.3) is 5.91 Å². The summed E-state index contributed by atoms with van der Waals surface area (Å²) in [6, 6.07) is 22.8. The van der Waals surface area contributed by atoms with Gasteiger partial charge in [0.1, 0.15) is 11.3 Å². The number of benzene rings is 3. The summed E-state index contributed by atoms with van der Waals surface area (Å²) in [7, 11) is 1.63. The quantitative estimate of drug-likeness (QED) is 0.374. The number of hydrogen-bond acceptors (Lipinski definition) is 5. The first-order valence-electron chi connectivity index (χ1n) is 12.7. The van der Waals surface area contributed by atoms with E-state index < -0.39 is 0 Å². The predicted molar refractivity (Wildman–Crippen MR) is 142 cm³/mol. The third-order valence-electron chi connectivity index (χ3n) is 7.20. The number of nitrogens with one attached hydrogen (secondary N) is 1. The second-order valence-electron chi connectivity index (χ2n) is 9.56. The van der Waals surface area contributed by atoms with Crippen LogP contribution < -0.4 is 10.1 Å². The van der Waals surface area contributed by atoms with Crippen molar-refractivity contribution in [2.75, 3.05) is 20.2 Å². The van der Waals surface area contributed by atoms with Gasteiger partial charge < -0.3 is 19.4 Å². The number of carbonyl (C=O) groups excluding carboxylic acids is 2. The van der Waals surface area contributed by atoms with Crippen LogP contribution in [0, 0.1) is 11.8 Å². The van der Waals surface area contributed by atoms with Crippen LogP contribution in [0.15, 0.2) is 77.2 Å². The van der Waals surface area contributed by atoms with Crippen LogP contribution in [0.2, 0.25) is 0 Å². The number of likely N-dealkylation sites (tertiary alicyclic amines) is 1. The maximum absolute atomic E-state index is 13.2. The Balaban J connectivity index is 1.16. The first-order chi connectivity index (χ1) is 18.0. The average molecular weight is 498 g/mol. The van der Waals surface area contributed by atoms with Crippen LogP contribution in [0.5, 0.6) is 5.75 Å². The summed E-state index contributed by atoms with van der Waals surface area (Å²) in [6.45, 7) is 3.70. The van der Waals surface area contributed by atoms with Crippen molar-refractivity contribution in [2.45, 2.75) is 26.3 Å². The van der Waals surface area contributed by atoms with Crippen LogP contribution in [0.25, 0.3) is 22.6 Å². The molecular weight excluding hydrogens is 466 g/mol. The van der Waals surface area contributed by atoms with Gasteiger partial charge in [0.15, 0.2) is 5.58 Å². The molecule has 7 heteroatoms. The van der Waals surface area contributed by atoms with Crippen LogP contribution in [0.1, 0.15) is 35.7 Å². The Hall–Kier alpha value is -4.13. The SMILES string of the molecule is COc1cccc(CNC(=O)C(C)C2CCN(C(=O)c3ccc4oc(-c5ccccc5)nc4c3)CC2)c1. The molecule has 3 aromatic carbocycles. The van der Waals surface area contributed by atoms with Gasteiger partial charge in [-0.15, -0.1) is 0 Å². The largest absolute Gasteiger partial charge is 0.497 e. The number of oxazole rings is 1. The zero-order valence-electron chi connectivity index (χ0n) is 21.1. The van der Waals surface area contributed by atoms with Crippen molar-refractivity contribution in [1.29, 1.82) is 0 Å². The minimum atomic E-state index is -0.120. The fourth-order valence-corrected chi connectivity index (χ4v) is 4.90. The van der Waals surface area contributed by atoms with E-state index in [-0.39, 0.29) is 23.7 Å². The van der Waals surface area contributed by atoms with Crippen molar-refractivity contribution in [2.24, 2.45) is 11.8 Å². The molecule has 1 aliphatic rings. The van der Waals surface area contributed by atoms with Crippen molar-refractivity contribution in [3.05, 3.63) is 83.9 Å². The lowest BCUT2D eigenvalue weighted by molar-refractivity contribution is -0.126. The first-order valence-corrected chi connectivity index (χ1v) is 12.7. The highest BCUT2D eigenvalue weighted by molar-refractivity contribution is 5.97. The normalized spacial score (nSPS) is 14.9. The number of methoxy groups -OCH3 is 1. The van der Waals surface area contributed by atoms with E-state index in [1.165, 1.54) is 0 Å². The van der Waals surface area contributed by atoms with E-state index in [2.05, 4.69) is 10.3 Å². The van der Waals surface area contributed by atoms with Crippen LogP contribution in [-0.2, 0) is 11.3 Å². The van der Waals surface area contributed by atoms with Gasteiger partial charge in [-0.1, -0.05) is 37.3 Å². The Morgan fingerprint density at radius 2 is 1.84 bits per heavy atom. The molecule has 0 spiro atoms. The molecule has 0 saturated carbocycles. The molecule has 1 aromatic heterocycles. The highest BCUT2D eigenvalue weighted by Crippen LogP contribution is 2.28. The lowest BCUT2D eigenvalue weighted by Crippen LogP contribution is -2.42. The Morgan fingerprint density at radius 3 is 2.59 bits per heavy atom. The molecule has 2 amide bonds. The molecule has 4 aromatic rings. The second kappa shape index (κ2) is 10.9. The Bertz CT molecular complexity index is 1390. The number of hydrogen-bond donors (Lipinski definition) is 1. The minimum absolute atomic E-state index is 0.0141. The number of ether oxygens (including phenoxy) is 1. The van der Waals surface area contributed by atoms with E-state index in [0.717, 1.165) is 29.7 Å². The van der Waals surface area contributed by atoms with Gasteiger partial charge in [0.05, 0.1) is 7.11 Å². The number of carbonyl (C=O) groups is 2. The molecule has 1 unspecified atom stereocenters. The third-order valence-corrected chi connectivity index (χ3v) is 7.20. The molecule has 0 bridgehead atoms. The highest BCUT2D eigenvalue weighted by atomic mass is 16.5. The second-order valence-corrected chi connectivity index (χ2v) is 9.56. The van der Waals surface area contributed by atoms with E-state index in [9.17, 15) is 9.59 Å². The molecule has 0 radical (unpaired) electrons. The molecule has 1 aliphatic heterocycles. The number of nitrogens with zero attached hydrogens (tertiary/aromatic N) is 2. The molecule has 1 fully saturated rings. The van der Waals surface area contributed by atoms with Gasteiger partial charge in [-0.2, -0.15) is 0 Å². The first kappa shape index (κ1) is 24.6. The van der Waals surface area contributed by atoms with Crippen molar-refractivity contribution in [3.63, 3.8) is 0 Å². The Morgan fingerprint density at radius 1 is 1.05 bits per heavy atom. The summed E-state index contributed by atoms with van der Waals surface area (Å²) < 4.78 is 11.1. The van der Waals surface area contributed by atoms with Gasteiger partial charge in [-0.25, -0.2) is 4.98 Å². The molecule has 2 heterocycles. The van der Waals surface area contributed by atoms with Gasteiger partial charge in [0, 0.05) is 36.7 Å². The minimum Gasteiger partial charge on any atom is -0.497 e. The number of piperidine rings is 1. The molecule has 190 valence electrons. The molecule has 1 atom stereocenters. The van der Waals surface area contributed by atoms with Crippen LogP contribution in [0.3, 0.4) is 0 Å². The summed E-state index contributed by atoms with van der Waals surface area (Å²) in [4.78, 5) is 32.5. The number of aromatic nitrogens is 1. The van der Waals surface area contributed by atoms with Crippen molar-refractivity contribution < 1.29 is 18.7 Å². The van der Waals surface area contributed by atoms with E-state index >= 15 is 0 Å².